The first-order chi connectivity index (χ1) is 53.2. The van der Waals surface area contributed by atoms with E-state index in [9.17, 15) is 28.8 Å². The molecule has 0 radical (unpaired) electrons. The van der Waals surface area contributed by atoms with Gasteiger partial charge in [-0.1, -0.05) is 237 Å². The first kappa shape index (κ1) is 36.7. The molecule has 0 atom stereocenters. The molecule has 3 aromatic heterocycles. The van der Waals surface area contributed by atoms with Crippen LogP contribution in [0.5, 0.6) is 11.5 Å². The van der Waals surface area contributed by atoms with E-state index in [-0.39, 0.29) is 77.1 Å². The van der Waals surface area contributed by atoms with Gasteiger partial charge in [0.15, 0.2) is 0 Å². The summed E-state index contributed by atoms with van der Waals surface area (Å²) in [6, 6.07) is 28.2. The second kappa shape index (κ2) is 21.5. The number of ether oxygens (including phenoxy) is 1. The number of para-hydroxylation sites is 1. The summed E-state index contributed by atoms with van der Waals surface area (Å²) in [7, 11) is 0. The molecule has 14 rings (SSSR count). The van der Waals surface area contributed by atoms with E-state index in [1.807, 2.05) is 128 Å². The van der Waals surface area contributed by atoms with Crippen molar-refractivity contribution in [3.05, 3.63) is 234 Å². The zero-order valence-electron chi connectivity index (χ0n) is 79.0. The zero-order chi connectivity index (χ0) is 85.6. The molecule has 90 heavy (non-hydrogen) atoms. The van der Waals surface area contributed by atoms with E-state index in [0.29, 0.717) is 28.0 Å². The van der Waals surface area contributed by atoms with Crippen LogP contribution in [0.15, 0.2) is 182 Å². The molecule has 0 saturated carbocycles. The summed E-state index contributed by atoms with van der Waals surface area (Å²) in [6.45, 7) is 6.75. The standard InChI is InChI=1S/C84H82N4O.Pt/c1-79(2,3)55-36-39-85-76(48-55)88-73-31-22-21-30-66(73)67-34-33-61(50-74(67)88)89-60-25-23-24-59(49-60)86-51-87-77-68(54-40-56(80(4,5)6)45-57(41-54)81(7,8)9)46-58(82(10,11)12)47-70(77)65-29-20-18-27-63(65)62-26-17-19-28-64(62)69-42-53(44-75(86)78(69)87)52-32-35-71-72(43-52)84(15,16)38-37-83(71,13)14;/h17-36,39-48H,37-38H2,1-16H3;/q-2;/i13D3,14D3,15D3,16D3,17D,18D,19D,20D,26D,27D,28D,29D,32D,35D,37D2,38D2,43D;. The number of rotatable bonds is 6. The molecular weight excluding hydrogens is 1280 g/mol. The van der Waals surface area contributed by atoms with Crippen molar-refractivity contribution >= 4 is 32.8 Å². The number of nitrogens with zero attached hydrogens (tertiary/aromatic N) is 4. The first-order valence-corrected chi connectivity index (χ1v) is 29.6. The van der Waals surface area contributed by atoms with Gasteiger partial charge in [-0.3, -0.25) is 4.57 Å². The summed E-state index contributed by atoms with van der Waals surface area (Å²) in [4.78, 5) is 4.84. The Morgan fingerprint density at radius 1 is 0.522 bits per heavy atom. The molecule has 0 unspecified atom stereocenters. The van der Waals surface area contributed by atoms with Crippen LogP contribution in [0, 0.1) is 18.5 Å². The van der Waals surface area contributed by atoms with Gasteiger partial charge in [-0.25, -0.2) is 4.98 Å². The van der Waals surface area contributed by atoms with E-state index in [2.05, 4.69) is 45.3 Å². The number of imidazole rings is 1. The SMILES string of the molecule is [2H]c1c([2H])c([2H])c2c(c1[2H])-c1cc(C(C)(C)C)cc(-c3cc(C(C)(C)C)cc(C(C)(C)C)c3)c1-[n+]1[c-]n(-c3[c-]c(Oc4[c-]c5c(cc4)c4ccccc4n5-c4cc(C(C)(C)C)ccn4)ccc3)c3cc(-c4c([2H])c([2H])c5c(c4[2H])C(C([2H])([2H])[2H])(C([2H])([2H])[2H])C([2H])([2H])C([2H])([2H])C5(C([2H])([2H])[2H])C([2H])([2H])[2H])cc(c31)-c1c([2H])c([2H])c([2H])c([2H])c1-2.[Pt]. The Bertz CT molecular complexity index is 6150. The molecule has 0 N–H and O–H groups in total. The van der Waals surface area contributed by atoms with Crippen LogP contribution in [0.2, 0.25) is 0 Å². The minimum atomic E-state index is -4.71. The van der Waals surface area contributed by atoms with Gasteiger partial charge in [-0.15, -0.1) is 29.7 Å². The van der Waals surface area contributed by atoms with Gasteiger partial charge in [-0.05, 0) is 170 Å². The molecule has 0 bridgehead atoms. The summed E-state index contributed by atoms with van der Waals surface area (Å²) in [6.07, 6.45) is -4.08. The average molecular weight is 1390 g/mol. The molecule has 5 nitrogen and oxygen atoms in total. The van der Waals surface area contributed by atoms with Crippen LogP contribution in [-0.4, -0.2) is 14.1 Å². The second-order valence-electron chi connectivity index (χ2n) is 27.5. The Kier molecular flexibility index (Phi) is 8.77. The van der Waals surface area contributed by atoms with Gasteiger partial charge in [0.05, 0.1) is 31.8 Å². The smallest absolute Gasteiger partial charge is 0.268 e. The van der Waals surface area contributed by atoms with Crippen LogP contribution in [-0.2, 0) is 53.6 Å². The van der Waals surface area contributed by atoms with Crippen molar-refractivity contribution < 1.29 is 67.4 Å². The van der Waals surface area contributed by atoms with Gasteiger partial charge < -0.3 is 13.9 Å². The quantitative estimate of drug-likeness (QED) is 0.123. The van der Waals surface area contributed by atoms with E-state index in [4.69, 9.17) is 17.9 Å². The molecule has 456 valence electrons. The molecule has 2 aliphatic rings. The number of hydrogen-bond donors (Lipinski definition) is 0. The number of fused-ring (bicyclic) bond motifs is 11. The van der Waals surface area contributed by atoms with Crippen LogP contribution in [0.3, 0.4) is 0 Å². The summed E-state index contributed by atoms with van der Waals surface area (Å²) < 4.78 is 270. The molecule has 1 aliphatic carbocycles. The Balaban J connectivity index is 0.0000119. The zero-order valence-corrected chi connectivity index (χ0v) is 54.3. The van der Waals surface area contributed by atoms with Gasteiger partial charge in [-0.2, -0.15) is 18.2 Å². The minimum absolute atomic E-state index is 0. The Morgan fingerprint density at radius 3 is 1.78 bits per heavy atom. The fraction of sp³-hybridized carbons (Fsp3) is 0.286. The maximum absolute atomic E-state index is 10.6. The Labute approximate surface area is 586 Å². The Morgan fingerprint density at radius 2 is 1.12 bits per heavy atom. The van der Waals surface area contributed by atoms with Crippen molar-refractivity contribution in [1.82, 2.24) is 14.1 Å². The molecular formula is C84H82N4OPt-2. The van der Waals surface area contributed by atoms with Crippen LogP contribution in [0.1, 0.15) is 194 Å². The van der Waals surface area contributed by atoms with Gasteiger partial charge in [0.1, 0.15) is 5.82 Å². The topological polar surface area (TPSA) is 35.9 Å². The van der Waals surface area contributed by atoms with Crippen molar-refractivity contribution in [2.75, 3.05) is 0 Å². The van der Waals surface area contributed by atoms with Gasteiger partial charge in [0.25, 0.3) is 6.33 Å². The van der Waals surface area contributed by atoms with E-state index in [1.165, 1.54) is 15.2 Å². The molecule has 0 saturated heterocycles. The molecule has 6 heteroatoms. The summed E-state index contributed by atoms with van der Waals surface area (Å²) >= 11 is 0. The van der Waals surface area contributed by atoms with E-state index >= 15 is 0 Å². The molecule has 0 fully saturated rings. The molecule has 9 aromatic carbocycles. The normalized spacial score (nSPS) is 20.5. The van der Waals surface area contributed by atoms with Crippen molar-refractivity contribution in [2.24, 2.45) is 0 Å². The maximum Gasteiger partial charge on any atom is 0.268 e. The summed E-state index contributed by atoms with van der Waals surface area (Å²) in [5, 5.41) is 1.70. The third kappa shape index (κ3) is 10.5. The monoisotopic (exact) mass is 1380 g/mol. The van der Waals surface area contributed by atoms with E-state index in [1.54, 1.807) is 36.5 Å². The number of pyridine rings is 1. The molecule has 12 aromatic rings. The van der Waals surface area contributed by atoms with E-state index < -0.39 is 173 Å². The molecule has 4 heterocycles. The fourth-order valence-corrected chi connectivity index (χ4v) is 12.0. The molecule has 0 amide bonds. The fourth-order valence-electron chi connectivity index (χ4n) is 12.0. The number of benzene rings is 9. The predicted molar refractivity (Wildman–Crippen MR) is 371 cm³/mol. The average Bonchev–Trinajstić information content (AvgIpc) is 1.13. The largest absolute Gasteiger partial charge is 0.510 e. The van der Waals surface area contributed by atoms with Gasteiger partial charge >= 0.3 is 0 Å². The first-order valence-electron chi connectivity index (χ1n) is 43.1. The summed E-state index contributed by atoms with van der Waals surface area (Å²) in [5.41, 5.74) is -12.6. The van der Waals surface area contributed by atoms with Gasteiger partial charge in [0, 0.05) is 66.2 Å². The molecule has 1 aliphatic heterocycles. The van der Waals surface area contributed by atoms with Crippen molar-refractivity contribution in [2.45, 2.75) is 156 Å². The van der Waals surface area contributed by atoms with E-state index in [0.717, 1.165) is 39.0 Å². The molecule has 0 spiro atoms. The third-order valence-electron chi connectivity index (χ3n) is 17.0. The van der Waals surface area contributed by atoms with Crippen molar-refractivity contribution in [3.63, 3.8) is 0 Å². The van der Waals surface area contributed by atoms with Crippen LogP contribution in [0.25, 0.3) is 106 Å². The van der Waals surface area contributed by atoms with Gasteiger partial charge in [0.2, 0.25) is 0 Å². The predicted octanol–water partition coefficient (Wildman–Crippen LogP) is 21.8. The van der Waals surface area contributed by atoms with Crippen LogP contribution < -0.4 is 9.30 Å². The maximum atomic E-state index is 10.6. The number of aromatic nitrogens is 4. The van der Waals surface area contributed by atoms with Crippen LogP contribution >= 0.6 is 0 Å². The summed E-state index contributed by atoms with van der Waals surface area (Å²) in [5.74, 6) is 0.822. The van der Waals surface area contributed by atoms with Crippen LogP contribution in [0.4, 0.5) is 0 Å². The second-order valence-corrected chi connectivity index (χ2v) is 27.5. The number of hydrogen-bond acceptors (Lipinski definition) is 2. The van der Waals surface area contributed by atoms with Crippen molar-refractivity contribution in [1.29, 1.82) is 0 Å². The minimum Gasteiger partial charge on any atom is -0.510 e. The third-order valence-corrected chi connectivity index (χ3v) is 17.0. The van der Waals surface area contributed by atoms with Crippen molar-refractivity contribution in [3.8, 4) is 84.3 Å². The Hall–Kier alpha value is -8.11.